The number of benzene rings is 2. The highest BCUT2D eigenvalue weighted by atomic mass is 35.6. The molecule has 0 unspecified atom stereocenters. The minimum Gasteiger partial charge on any atom is -0.496 e. The molecule has 2 aromatic carbocycles. The average Bonchev–Trinajstić information content (AvgIpc) is 3.51. The number of furan rings is 1. The van der Waals surface area contributed by atoms with Crippen molar-refractivity contribution in [1.29, 1.82) is 0 Å². The molecule has 47 heavy (non-hydrogen) atoms. The number of hydrogen-bond donors (Lipinski definition) is 0. The van der Waals surface area contributed by atoms with Gasteiger partial charge in [-0.1, -0.05) is 163 Å². The summed E-state index contributed by atoms with van der Waals surface area (Å²) in [6.07, 6.45) is 4.65. The van der Waals surface area contributed by atoms with Crippen molar-refractivity contribution >= 4 is 162 Å². The predicted octanol–water partition coefficient (Wildman–Crippen LogP) is 11.6. The number of rotatable bonds is 4. The standard InChI is InChI=1S/C16H9Cl6N3O.C11H5Cl6N3O/c1-26-11-7-6-10(8-4-2-3-5-9(8)11)12-23-13(15(17,18)19)25-14(24-12)16(20,21)22;12-10(13,14)8-18-7(4-3-6-2-1-5-21-6)19-9(20-8)11(15,16)17/h2-7H,1H3;1-5H. The first-order valence-corrected chi connectivity index (χ1v) is 16.9. The number of aromatic nitrogens is 6. The van der Waals surface area contributed by atoms with Gasteiger partial charge in [0.2, 0.25) is 15.2 Å². The van der Waals surface area contributed by atoms with Crippen molar-refractivity contribution in [2.75, 3.05) is 7.11 Å². The zero-order chi connectivity index (χ0) is 34.8. The summed E-state index contributed by atoms with van der Waals surface area (Å²) in [5, 5.41) is 1.68. The van der Waals surface area contributed by atoms with Crippen molar-refractivity contribution in [3.8, 4) is 17.1 Å². The fourth-order valence-corrected chi connectivity index (χ4v) is 4.67. The van der Waals surface area contributed by atoms with Gasteiger partial charge >= 0.3 is 0 Å². The van der Waals surface area contributed by atoms with Crippen LogP contribution in [0.1, 0.15) is 34.9 Å². The van der Waals surface area contributed by atoms with Crippen LogP contribution < -0.4 is 4.74 Å². The maximum Gasteiger partial charge on any atom is 0.250 e. The Balaban J connectivity index is 0.000000218. The Labute approximate surface area is 327 Å². The van der Waals surface area contributed by atoms with E-state index in [0.717, 1.165) is 10.8 Å². The van der Waals surface area contributed by atoms with Crippen molar-refractivity contribution in [2.45, 2.75) is 15.2 Å². The van der Waals surface area contributed by atoms with E-state index in [1.807, 2.05) is 24.3 Å². The Morgan fingerprint density at radius 2 is 1.04 bits per heavy atom. The molecular weight excluding hydrogens is 866 g/mol. The number of fused-ring (bicyclic) bond motifs is 1. The maximum absolute atomic E-state index is 5.93. The van der Waals surface area contributed by atoms with Crippen LogP contribution >= 0.6 is 139 Å². The van der Waals surface area contributed by atoms with Gasteiger partial charge in [-0.25, -0.2) is 29.9 Å². The first-order chi connectivity index (χ1) is 21.8. The van der Waals surface area contributed by atoms with Gasteiger partial charge in [-0.2, -0.15) is 0 Å². The van der Waals surface area contributed by atoms with E-state index in [9.17, 15) is 0 Å². The van der Waals surface area contributed by atoms with E-state index in [-0.39, 0.29) is 34.9 Å². The van der Waals surface area contributed by atoms with Crippen LogP contribution in [-0.4, -0.2) is 37.0 Å². The first kappa shape index (κ1) is 38.8. The van der Waals surface area contributed by atoms with Crippen molar-refractivity contribution in [1.82, 2.24) is 29.9 Å². The summed E-state index contributed by atoms with van der Waals surface area (Å²) in [6.45, 7) is 0. The molecule has 0 saturated heterocycles. The first-order valence-electron chi connectivity index (χ1n) is 12.4. The van der Waals surface area contributed by atoms with E-state index in [2.05, 4.69) is 29.9 Å². The molecule has 5 aromatic rings. The van der Waals surface area contributed by atoms with E-state index in [4.69, 9.17) is 148 Å². The molecule has 0 aliphatic heterocycles. The van der Waals surface area contributed by atoms with E-state index >= 15 is 0 Å². The summed E-state index contributed by atoms with van der Waals surface area (Å²) in [6, 6.07) is 14.6. The number of ether oxygens (including phenoxy) is 1. The lowest BCUT2D eigenvalue weighted by Gasteiger charge is -2.16. The number of hydrogen-bond acceptors (Lipinski definition) is 8. The van der Waals surface area contributed by atoms with Crippen LogP contribution in [0.2, 0.25) is 0 Å². The molecule has 3 aromatic heterocycles. The van der Waals surface area contributed by atoms with Gasteiger partial charge in [0.15, 0.2) is 34.9 Å². The molecule has 0 N–H and O–H groups in total. The highest BCUT2D eigenvalue weighted by molar-refractivity contribution is 6.68. The van der Waals surface area contributed by atoms with E-state index in [1.165, 1.54) is 12.3 Å². The molecule has 0 radical (unpaired) electrons. The Morgan fingerprint density at radius 3 is 1.49 bits per heavy atom. The Hall–Kier alpha value is -0.980. The van der Waals surface area contributed by atoms with Gasteiger partial charge in [0.05, 0.1) is 13.4 Å². The fourth-order valence-electron chi connectivity index (χ4n) is 3.66. The topological polar surface area (TPSA) is 99.7 Å². The Bertz CT molecular complexity index is 1820. The second-order valence-corrected chi connectivity index (χ2v) is 18.0. The lowest BCUT2D eigenvalue weighted by molar-refractivity contribution is 0.420. The fraction of sp³-hybridized carbons (Fsp3) is 0.185. The Kier molecular flexibility index (Phi) is 12.8. The van der Waals surface area contributed by atoms with Gasteiger partial charge in [0.1, 0.15) is 11.5 Å². The van der Waals surface area contributed by atoms with Crippen LogP contribution in [0.3, 0.4) is 0 Å². The van der Waals surface area contributed by atoms with E-state index < -0.39 is 15.2 Å². The largest absolute Gasteiger partial charge is 0.496 e. The molecule has 0 aliphatic carbocycles. The second kappa shape index (κ2) is 15.5. The minimum absolute atomic E-state index is 0.145. The molecule has 0 aliphatic rings. The molecule has 8 nitrogen and oxygen atoms in total. The second-order valence-electron chi connectivity index (χ2n) is 8.85. The van der Waals surface area contributed by atoms with Crippen molar-refractivity contribution in [2.24, 2.45) is 0 Å². The molecule has 20 heteroatoms. The zero-order valence-electron chi connectivity index (χ0n) is 22.9. The monoisotopic (exact) mass is 874 g/mol. The number of methoxy groups -OCH3 is 1. The molecule has 5 rings (SSSR count). The van der Waals surface area contributed by atoms with Crippen LogP contribution in [0.5, 0.6) is 5.75 Å². The highest BCUT2D eigenvalue weighted by Gasteiger charge is 2.35. The Morgan fingerprint density at radius 1 is 0.553 bits per heavy atom. The van der Waals surface area contributed by atoms with Crippen LogP contribution in [-0.2, 0) is 15.2 Å². The molecule has 0 spiro atoms. The van der Waals surface area contributed by atoms with Crippen LogP contribution in [0, 0.1) is 0 Å². The summed E-state index contributed by atoms with van der Waals surface area (Å²) >= 11 is 70.2. The minimum atomic E-state index is -1.91. The van der Waals surface area contributed by atoms with Crippen LogP contribution in [0.15, 0.2) is 59.2 Å². The van der Waals surface area contributed by atoms with Gasteiger partial charge in [0, 0.05) is 10.9 Å². The normalized spacial score (nSPS) is 12.7. The summed E-state index contributed by atoms with van der Waals surface area (Å²) < 4.78 is 2.96. The summed E-state index contributed by atoms with van der Waals surface area (Å²) in [4.78, 5) is 24.3. The molecule has 248 valence electrons. The third kappa shape index (κ3) is 10.5. The van der Waals surface area contributed by atoms with Crippen molar-refractivity contribution in [3.63, 3.8) is 0 Å². The van der Waals surface area contributed by atoms with E-state index in [1.54, 1.807) is 37.5 Å². The summed E-state index contributed by atoms with van der Waals surface area (Å²) in [7, 11) is 1.59. The summed E-state index contributed by atoms with van der Waals surface area (Å²) in [5.74, 6) is 1.06. The molecule has 0 amide bonds. The van der Waals surface area contributed by atoms with Crippen molar-refractivity contribution in [3.05, 3.63) is 89.7 Å². The number of halogens is 12. The van der Waals surface area contributed by atoms with Gasteiger partial charge in [-0.15, -0.1) is 0 Å². The highest BCUT2D eigenvalue weighted by Crippen LogP contribution is 2.42. The van der Waals surface area contributed by atoms with Crippen molar-refractivity contribution < 1.29 is 9.15 Å². The van der Waals surface area contributed by atoms with Gasteiger partial charge in [-0.3, -0.25) is 0 Å². The molecule has 0 atom stereocenters. The lowest BCUT2D eigenvalue weighted by Crippen LogP contribution is -2.16. The molecule has 3 heterocycles. The third-order valence-electron chi connectivity index (χ3n) is 5.59. The maximum atomic E-state index is 5.93. The molecule has 0 saturated carbocycles. The van der Waals surface area contributed by atoms with Gasteiger partial charge in [0.25, 0.3) is 0 Å². The predicted molar refractivity (Wildman–Crippen MR) is 194 cm³/mol. The smallest absolute Gasteiger partial charge is 0.250 e. The molecule has 0 fully saturated rings. The van der Waals surface area contributed by atoms with Crippen LogP contribution in [0.25, 0.3) is 34.3 Å². The molecule has 0 bridgehead atoms. The van der Waals surface area contributed by atoms with E-state index in [0.29, 0.717) is 17.1 Å². The number of nitrogens with zero attached hydrogens (tertiary/aromatic N) is 6. The number of alkyl halides is 12. The van der Waals surface area contributed by atoms with Gasteiger partial charge in [-0.05, 0) is 41.8 Å². The molecular formula is C27H14Cl12N6O2. The third-order valence-corrected chi connectivity index (χ3v) is 7.62. The van der Waals surface area contributed by atoms with Crippen LogP contribution in [0.4, 0.5) is 0 Å². The average molecular weight is 880 g/mol. The zero-order valence-corrected chi connectivity index (χ0v) is 32.0. The lowest BCUT2D eigenvalue weighted by atomic mass is 10.0. The van der Waals surface area contributed by atoms with Gasteiger partial charge < -0.3 is 9.15 Å². The SMILES string of the molecule is COc1ccc(-c2nc(C(Cl)(Cl)Cl)nc(C(Cl)(Cl)Cl)n2)c2ccccc12.ClC(Cl)(Cl)c1nc(C=Cc2ccco2)nc(C(Cl)(Cl)Cl)n1. The quantitative estimate of drug-likeness (QED) is 0.165. The summed E-state index contributed by atoms with van der Waals surface area (Å²) in [5.41, 5.74) is 0.648.